The monoisotopic (exact) mass is 747 g/mol. The number of rotatable bonds is 7. The first-order valence-corrected chi connectivity index (χ1v) is 18.7. The summed E-state index contributed by atoms with van der Waals surface area (Å²) < 4.78 is 100. The highest BCUT2D eigenvalue weighted by Crippen LogP contribution is 2.38. The maximum absolute atomic E-state index is 8.99. The van der Waals surface area contributed by atoms with Crippen molar-refractivity contribution in [3.63, 3.8) is 0 Å². The van der Waals surface area contributed by atoms with Crippen LogP contribution in [-0.4, -0.2) is 14.1 Å². The lowest BCUT2D eigenvalue weighted by molar-refractivity contribution is -0.566. The summed E-state index contributed by atoms with van der Waals surface area (Å²) in [6.07, 6.45) is 1.78. The van der Waals surface area contributed by atoms with Crippen LogP contribution >= 0.6 is 11.3 Å². The molecule has 0 aliphatic carbocycles. The number of ether oxygens (including phenoxy) is 1. The molecular weight excluding hydrogens is 705 g/mol. The van der Waals surface area contributed by atoms with Crippen LogP contribution in [-0.2, 0) is 0 Å². The minimum Gasteiger partial charge on any atom is -0.457 e. The summed E-state index contributed by atoms with van der Waals surface area (Å²) >= 11 is 1.62. The fourth-order valence-corrected chi connectivity index (χ4v) is 8.47. The molecule has 8 aromatic carbocycles. The number of hydrogen-bond acceptors (Lipinski definition) is 3. The first-order chi connectivity index (χ1) is 31.9. The summed E-state index contributed by atoms with van der Waals surface area (Å²) in [4.78, 5) is 5.00. The highest BCUT2D eigenvalue weighted by Gasteiger charge is 2.25. The molecular formula is C50H33N4OS+. The molecule has 0 amide bonds. The summed E-state index contributed by atoms with van der Waals surface area (Å²) in [5.41, 5.74) is 5.33. The molecule has 0 aliphatic heterocycles. The van der Waals surface area contributed by atoms with Gasteiger partial charge in [-0.15, -0.1) is 0 Å². The fraction of sp³-hybridized carbons (Fsp3) is 0. The zero-order chi connectivity index (χ0) is 45.7. The van der Waals surface area contributed by atoms with Gasteiger partial charge in [0.05, 0.1) is 35.0 Å². The molecule has 0 aliphatic rings. The zero-order valence-corrected chi connectivity index (χ0v) is 30.2. The van der Waals surface area contributed by atoms with Crippen molar-refractivity contribution >= 4 is 54.4 Å². The Morgan fingerprint density at radius 2 is 1.23 bits per heavy atom. The number of imidazole rings is 1. The van der Waals surface area contributed by atoms with Gasteiger partial charge in [-0.1, -0.05) is 138 Å². The number of fused-ring (bicyclic) bond motifs is 5. The van der Waals surface area contributed by atoms with Crippen molar-refractivity contribution in [2.45, 2.75) is 0 Å². The highest BCUT2D eigenvalue weighted by atomic mass is 32.1. The van der Waals surface area contributed by atoms with Crippen molar-refractivity contribution in [1.29, 1.82) is 0 Å². The molecule has 0 radical (unpaired) electrons. The third-order valence-electron chi connectivity index (χ3n) is 9.90. The van der Waals surface area contributed by atoms with Crippen LogP contribution < -0.4 is 9.30 Å². The predicted octanol–water partition coefficient (Wildman–Crippen LogP) is 12.7. The standard InChI is InChI=1S/C50H33N4OS/c1-3-15-34(16-4-1)39-22-14-23-40(35-17-5-2-6-18-35)49(39)53-33-52(45-26-10-11-27-46(45)53)36-19-13-20-37(31-36)55-38-29-30-42-41-21-7-9-25-44(41)54(47(42)32-38)50-51-43-24-8-12-28-48(43)56-50/h1-33H/q+1/i1D,2D,3D,4D,5D,6D,15D,16D,17D,18D. The third kappa shape index (κ3) is 5.38. The van der Waals surface area contributed by atoms with Crippen LogP contribution in [0.3, 0.4) is 0 Å². The summed E-state index contributed by atoms with van der Waals surface area (Å²) in [5, 5.41) is 2.99. The van der Waals surface area contributed by atoms with Crippen molar-refractivity contribution in [1.82, 2.24) is 14.1 Å². The van der Waals surface area contributed by atoms with Crippen LogP contribution in [0.2, 0.25) is 0 Å². The van der Waals surface area contributed by atoms with E-state index in [1.165, 1.54) is 0 Å². The zero-order valence-electron chi connectivity index (χ0n) is 39.4. The average Bonchev–Trinajstić information content (AvgIpc) is 4.03. The second-order valence-corrected chi connectivity index (χ2v) is 14.2. The van der Waals surface area contributed by atoms with Crippen LogP contribution in [0.15, 0.2) is 200 Å². The van der Waals surface area contributed by atoms with Gasteiger partial charge < -0.3 is 4.74 Å². The van der Waals surface area contributed by atoms with E-state index in [2.05, 4.69) is 28.8 Å². The van der Waals surface area contributed by atoms with Gasteiger partial charge in [0.15, 0.2) is 16.2 Å². The number of aromatic nitrogens is 4. The normalized spacial score (nSPS) is 14.1. The van der Waals surface area contributed by atoms with E-state index in [9.17, 15) is 0 Å². The molecule has 11 aromatic rings. The van der Waals surface area contributed by atoms with E-state index in [4.69, 9.17) is 23.4 Å². The molecule has 0 atom stereocenters. The summed E-state index contributed by atoms with van der Waals surface area (Å²) in [7, 11) is 0. The van der Waals surface area contributed by atoms with Gasteiger partial charge in [0.1, 0.15) is 22.9 Å². The quantitative estimate of drug-likeness (QED) is 0.152. The van der Waals surface area contributed by atoms with E-state index < -0.39 is 60.4 Å². The summed E-state index contributed by atoms with van der Waals surface area (Å²) in [6, 6.07) is 37.1. The molecule has 3 aromatic heterocycles. The van der Waals surface area contributed by atoms with E-state index in [-0.39, 0.29) is 27.9 Å². The topological polar surface area (TPSA) is 35.9 Å². The fourth-order valence-electron chi connectivity index (χ4n) is 7.48. The molecule has 3 heterocycles. The molecule has 0 spiro atoms. The van der Waals surface area contributed by atoms with Gasteiger partial charge in [0.2, 0.25) is 0 Å². The second kappa shape index (κ2) is 13.2. The van der Waals surface area contributed by atoms with E-state index in [0.717, 1.165) is 37.2 Å². The smallest absolute Gasteiger partial charge is 0.255 e. The van der Waals surface area contributed by atoms with Crippen molar-refractivity contribution in [3.05, 3.63) is 200 Å². The molecule has 56 heavy (non-hydrogen) atoms. The largest absolute Gasteiger partial charge is 0.457 e. The summed E-state index contributed by atoms with van der Waals surface area (Å²) in [5.74, 6) is 1.14. The first kappa shape index (κ1) is 23.5. The lowest BCUT2D eigenvalue weighted by Gasteiger charge is -2.13. The predicted molar refractivity (Wildman–Crippen MR) is 230 cm³/mol. The van der Waals surface area contributed by atoms with Crippen LogP contribution in [0.25, 0.3) is 81.8 Å². The molecule has 0 fully saturated rings. The number of para-hydroxylation sites is 5. The van der Waals surface area contributed by atoms with Gasteiger partial charge in [-0.25, -0.2) is 4.98 Å². The van der Waals surface area contributed by atoms with Crippen LogP contribution in [0.5, 0.6) is 11.5 Å². The van der Waals surface area contributed by atoms with Crippen molar-refractivity contribution in [2.24, 2.45) is 0 Å². The molecule has 6 heteroatoms. The van der Waals surface area contributed by atoms with Crippen molar-refractivity contribution in [3.8, 4) is 50.3 Å². The molecule has 0 saturated carbocycles. The van der Waals surface area contributed by atoms with Gasteiger partial charge in [-0.2, -0.15) is 9.13 Å². The van der Waals surface area contributed by atoms with E-state index in [1.807, 2.05) is 95.6 Å². The lowest BCUT2D eigenvalue weighted by atomic mass is 9.95. The van der Waals surface area contributed by atoms with E-state index in [0.29, 0.717) is 28.2 Å². The summed E-state index contributed by atoms with van der Waals surface area (Å²) in [6.45, 7) is 0. The Morgan fingerprint density at radius 1 is 0.571 bits per heavy atom. The van der Waals surface area contributed by atoms with Gasteiger partial charge in [-0.3, -0.25) is 4.57 Å². The van der Waals surface area contributed by atoms with Gasteiger partial charge in [0, 0.05) is 34.0 Å². The molecule has 0 saturated heterocycles. The number of thiazole rings is 1. The Balaban J connectivity index is 1.08. The maximum Gasteiger partial charge on any atom is 0.255 e. The average molecular weight is 748 g/mol. The third-order valence-corrected chi connectivity index (χ3v) is 10.9. The number of hydrogen-bond donors (Lipinski definition) is 0. The minimum absolute atomic E-state index is 0.107. The van der Waals surface area contributed by atoms with Crippen molar-refractivity contribution < 1.29 is 23.0 Å². The Labute approximate surface area is 341 Å². The maximum atomic E-state index is 8.99. The van der Waals surface area contributed by atoms with Gasteiger partial charge in [0.25, 0.3) is 6.33 Å². The molecule has 0 N–H and O–H groups in total. The van der Waals surface area contributed by atoms with Gasteiger partial charge in [-0.05, 0) is 65.7 Å². The number of nitrogens with zero attached hydrogens (tertiary/aromatic N) is 4. The molecule has 264 valence electrons. The Hall–Kier alpha value is -7.28. The molecule has 5 nitrogen and oxygen atoms in total. The van der Waals surface area contributed by atoms with Crippen molar-refractivity contribution in [2.75, 3.05) is 0 Å². The lowest BCUT2D eigenvalue weighted by Crippen LogP contribution is -2.30. The first-order valence-electron chi connectivity index (χ1n) is 22.9. The second-order valence-electron chi connectivity index (χ2n) is 13.1. The van der Waals surface area contributed by atoms with Gasteiger partial charge >= 0.3 is 0 Å². The minimum atomic E-state index is -0.557. The molecule has 0 bridgehead atoms. The highest BCUT2D eigenvalue weighted by molar-refractivity contribution is 7.20. The van der Waals surface area contributed by atoms with Crippen LogP contribution in [0.1, 0.15) is 13.7 Å². The van der Waals surface area contributed by atoms with E-state index in [1.54, 1.807) is 40.4 Å². The van der Waals surface area contributed by atoms with E-state index >= 15 is 0 Å². The Morgan fingerprint density at radius 3 is 2.02 bits per heavy atom. The molecule has 0 unspecified atom stereocenters. The van der Waals surface area contributed by atoms with Crippen LogP contribution in [0, 0.1) is 0 Å². The molecule has 11 rings (SSSR count). The Kier molecular flexibility index (Phi) is 5.55. The van der Waals surface area contributed by atoms with Crippen LogP contribution in [0.4, 0.5) is 0 Å². The SMILES string of the molecule is [2H]c1c([2H])c([2H])c(-c2cccc(-c3c([2H])c([2H])c([2H])c([2H])c3[2H])c2-[n+]2cn(-c3cccc(Oc4ccc5c6ccccc6n(-c6nc7ccccc7s6)c5c4)c3)c3ccccc32)c([2H])c1[2H]. The number of benzene rings is 8. The Bertz CT molecular complexity index is 3660.